The molecule has 0 bridgehead atoms. The fourth-order valence-electron chi connectivity index (χ4n) is 1.56. The predicted molar refractivity (Wildman–Crippen MR) is 77.9 cm³/mol. The maximum Gasteiger partial charge on any atom is 0.430 e. The summed E-state index contributed by atoms with van der Waals surface area (Å²) in [5.41, 5.74) is 0.799. The van der Waals surface area contributed by atoms with Crippen LogP contribution in [0.15, 0.2) is 37.1 Å². The topological polar surface area (TPSA) is 120 Å². The van der Waals surface area contributed by atoms with E-state index in [9.17, 15) is 18.0 Å². The lowest BCUT2D eigenvalue weighted by atomic mass is 9.94. The van der Waals surface area contributed by atoms with Crippen LogP contribution < -0.4 is 9.79 Å². The van der Waals surface area contributed by atoms with Gasteiger partial charge in [-0.2, -0.15) is 13.2 Å². The normalized spacial score (nSPS) is 11.3. The molecule has 26 heavy (non-hydrogen) atoms. The lowest BCUT2D eigenvalue weighted by molar-refractivity contribution is -0.762. The van der Waals surface area contributed by atoms with Crippen LogP contribution in [-0.2, 0) is 16.1 Å². The van der Waals surface area contributed by atoms with E-state index in [1.165, 1.54) is 6.33 Å². The first-order chi connectivity index (χ1) is 11.9. The molecule has 0 amide bonds. The first-order valence-electron chi connectivity index (χ1n) is 7.07. The number of halogens is 3. The van der Waals surface area contributed by atoms with Gasteiger partial charge in [0.15, 0.2) is 12.7 Å². The zero-order chi connectivity index (χ0) is 20.0. The average molecular weight is 372 g/mol. The van der Waals surface area contributed by atoms with Crippen molar-refractivity contribution in [3.05, 3.63) is 37.1 Å². The molecule has 8 nitrogen and oxygen atoms in total. The van der Waals surface area contributed by atoms with Gasteiger partial charge in [0.2, 0.25) is 0 Å². The van der Waals surface area contributed by atoms with Crippen molar-refractivity contribution in [1.82, 2.24) is 15.1 Å². The monoisotopic (exact) mass is 372 g/mol. The summed E-state index contributed by atoms with van der Waals surface area (Å²) in [6.07, 6.45) is 1.36. The van der Waals surface area contributed by atoms with Crippen molar-refractivity contribution in [2.45, 2.75) is 26.6 Å². The van der Waals surface area contributed by atoms with Gasteiger partial charge in [-0.25, -0.2) is 9.97 Å². The van der Waals surface area contributed by atoms with Gasteiger partial charge in [0.25, 0.3) is 0 Å². The largest absolute Gasteiger partial charge is 0.542 e. The van der Waals surface area contributed by atoms with E-state index in [-0.39, 0.29) is 0 Å². The van der Waals surface area contributed by atoms with Gasteiger partial charge in [-0.05, 0) is 25.0 Å². The first-order valence-corrected chi connectivity index (χ1v) is 7.07. The standard InChI is InChI=1S/C13H14N4O2.C2HF3O2/c1-13(2,12(18)19)8-17-6-4-10(7-16-17)11-3-5-14-9-15-11;3-2(4,5)1(6)7/h3-7,9H,8H2,1-2H3;(H,6,7). The summed E-state index contributed by atoms with van der Waals surface area (Å²) < 4.78 is 33.2. The Hall–Kier alpha value is -3.11. The minimum Gasteiger partial charge on any atom is -0.542 e. The summed E-state index contributed by atoms with van der Waals surface area (Å²) in [4.78, 5) is 27.8. The Balaban J connectivity index is 0.000000412. The second kappa shape index (κ2) is 8.32. The van der Waals surface area contributed by atoms with Crippen LogP contribution in [-0.4, -0.2) is 38.3 Å². The van der Waals surface area contributed by atoms with E-state index >= 15 is 0 Å². The molecule has 2 aromatic heterocycles. The third kappa shape index (κ3) is 6.42. The number of carbonyl (C=O) groups is 2. The van der Waals surface area contributed by atoms with Crippen LogP contribution in [0.25, 0.3) is 11.3 Å². The number of hydrogen-bond acceptors (Lipinski definition) is 6. The number of aliphatic carboxylic acids is 2. The van der Waals surface area contributed by atoms with Gasteiger partial charge < -0.3 is 15.0 Å². The highest BCUT2D eigenvalue weighted by Gasteiger charge is 2.32. The Morgan fingerprint density at radius 3 is 2.27 bits per heavy atom. The van der Waals surface area contributed by atoms with Crippen molar-refractivity contribution >= 4 is 11.9 Å². The fraction of sp³-hybridized carbons (Fsp3) is 0.333. The lowest BCUT2D eigenvalue weighted by Gasteiger charge is -2.13. The van der Waals surface area contributed by atoms with E-state index in [1.807, 2.05) is 6.07 Å². The Bertz CT molecular complexity index is 750. The molecule has 0 aliphatic heterocycles. The molecule has 2 heterocycles. The molecule has 0 unspecified atom stereocenters. The molecule has 0 radical (unpaired) electrons. The van der Waals surface area contributed by atoms with Crippen LogP contribution in [0, 0.1) is 5.41 Å². The van der Waals surface area contributed by atoms with Crippen molar-refractivity contribution in [2.75, 3.05) is 0 Å². The summed E-state index contributed by atoms with van der Waals surface area (Å²) in [7, 11) is 0. The summed E-state index contributed by atoms with van der Waals surface area (Å²) >= 11 is 0. The maximum absolute atomic E-state index is 11.1. The Kier molecular flexibility index (Phi) is 6.70. The van der Waals surface area contributed by atoms with Crippen molar-refractivity contribution < 1.29 is 37.7 Å². The number of carbonyl (C=O) groups excluding carboxylic acids is 1. The highest BCUT2D eigenvalue weighted by atomic mass is 19.4. The molecule has 0 fully saturated rings. The highest BCUT2D eigenvalue weighted by molar-refractivity contribution is 5.73. The van der Waals surface area contributed by atoms with Gasteiger partial charge in [-0.3, -0.25) is 4.79 Å². The quantitative estimate of drug-likeness (QED) is 0.763. The fourth-order valence-corrected chi connectivity index (χ4v) is 1.56. The molecule has 1 N–H and O–H groups in total. The highest BCUT2D eigenvalue weighted by Crippen LogP contribution is 2.16. The van der Waals surface area contributed by atoms with Crippen LogP contribution >= 0.6 is 0 Å². The molecule has 0 aromatic carbocycles. The smallest absolute Gasteiger partial charge is 0.430 e. The number of alkyl halides is 3. The van der Waals surface area contributed by atoms with E-state index in [0.717, 1.165) is 11.3 Å². The number of carboxylic acid groups (broad SMARTS) is 2. The summed E-state index contributed by atoms with van der Waals surface area (Å²) in [6, 6.07) is 3.65. The van der Waals surface area contributed by atoms with Crippen molar-refractivity contribution in [3.8, 4) is 11.3 Å². The molecule has 0 aliphatic rings. The van der Waals surface area contributed by atoms with Crippen molar-refractivity contribution in [1.29, 1.82) is 0 Å². The molecule has 2 aromatic rings. The van der Waals surface area contributed by atoms with Crippen molar-refractivity contribution in [2.24, 2.45) is 5.41 Å². The number of rotatable bonds is 4. The molecule has 11 heteroatoms. The van der Waals surface area contributed by atoms with E-state index < -0.39 is 23.5 Å². The summed E-state index contributed by atoms with van der Waals surface area (Å²) in [6.45, 7) is 3.65. The molecule has 0 saturated heterocycles. The van der Waals surface area contributed by atoms with Gasteiger partial charge in [-0.15, -0.1) is 0 Å². The van der Waals surface area contributed by atoms with Crippen LogP contribution in [0.4, 0.5) is 13.2 Å². The predicted octanol–water partition coefficient (Wildman–Crippen LogP) is 0.235. The molecule has 2 rings (SSSR count). The van der Waals surface area contributed by atoms with Gasteiger partial charge in [0.1, 0.15) is 23.9 Å². The second-order valence-electron chi connectivity index (χ2n) is 5.68. The number of aromatic nitrogens is 4. The number of hydrogen-bond donors (Lipinski definition) is 1. The first kappa shape index (κ1) is 20.9. The molecule has 140 valence electrons. The van der Waals surface area contributed by atoms with E-state index in [0.29, 0.717) is 6.54 Å². The molecule has 0 spiro atoms. The average Bonchev–Trinajstić information content (AvgIpc) is 2.55. The second-order valence-corrected chi connectivity index (χ2v) is 5.68. The van der Waals surface area contributed by atoms with Gasteiger partial charge >= 0.3 is 12.1 Å². The zero-order valence-electron chi connectivity index (χ0n) is 13.8. The van der Waals surface area contributed by atoms with Crippen molar-refractivity contribution in [3.63, 3.8) is 0 Å². The molecule has 0 saturated carbocycles. The van der Waals surface area contributed by atoms with E-state index in [4.69, 9.17) is 15.0 Å². The minimum absolute atomic E-state index is 0.312. The third-order valence-corrected chi connectivity index (χ3v) is 3.02. The molecular formula is C15H15F3N4O4. The number of carboxylic acids is 2. The maximum atomic E-state index is 11.1. The Morgan fingerprint density at radius 1 is 1.27 bits per heavy atom. The minimum atomic E-state index is -5.19. The van der Waals surface area contributed by atoms with Crippen LogP contribution in [0.2, 0.25) is 0 Å². The lowest BCUT2D eigenvalue weighted by Crippen LogP contribution is -2.46. The van der Waals surface area contributed by atoms with E-state index in [1.54, 1.807) is 43.2 Å². The SMILES string of the molecule is CC(C)(C[n+]1ccc(-c2ccncn2)cn1)C(=O)O.O=C([O-])C(F)(F)F. The van der Waals surface area contributed by atoms with Gasteiger partial charge in [0, 0.05) is 17.8 Å². The number of nitrogens with zero attached hydrogens (tertiary/aromatic N) is 4. The summed E-state index contributed by atoms with van der Waals surface area (Å²) in [5.74, 6) is -3.85. The van der Waals surface area contributed by atoms with Crippen LogP contribution in [0.1, 0.15) is 13.8 Å². The molecule has 0 atom stereocenters. The molecular weight excluding hydrogens is 357 g/mol. The third-order valence-electron chi connectivity index (χ3n) is 3.02. The molecule has 0 aliphatic carbocycles. The Morgan fingerprint density at radius 2 is 1.88 bits per heavy atom. The van der Waals surface area contributed by atoms with E-state index in [2.05, 4.69) is 15.1 Å². The Labute approximate surface area is 146 Å². The zero-order valence-corrected chi connectivity index (χ0v) is 13.8. The van der Waals surface area contributed by atoms with Crippen LogP contribution in [0.5, 0.6) is 0 Å². The van der Waals surface area contributed by atoms with Gasteiger partial charge in [0.05, 0.1) is 5.69 Å². The summed E-state index contributed by atoms with van der Waals surface area (Å²) in [5, 5.41) is 22.1. The van der Waals surface area contributed by atoms with Gasteiger partial charge in [-0.1, -0.05) is 4.68 Å². The van der Waals surface area contributed by atoms with Crippen LogP contribution in [0.3, 0.4) is 0 Å².